The smallest absolute Gasteiger partial charge is 1.00 e. The molecule has 3 aliphatic carbocycles. The SMILES string of the molecule is CC(C)(C)C1=[C-]C(C)(C)c2cc3c(cc21)-c1cc2c(cc1C3)C(C)(C)C=C2C(C)(C)C.CC(C)(C)c1cc[cH-]c1.C[C](C)=[Zr+2].[Cl-].[Cl-]. The van der Waals surface area contributed by atoms with Crippen molar-refractivity contribution in [2.45, 2.75) is 127 Å². The van der Waals surface area contributed by atoms with Crippen molar-refractivity contribution in [1.82, 2.24) is 0 Å². The van der Waals surface area contributed by atoms with Gasteiger partial charge >= 0.3 is 41.3 Å². The molecule has 3 heteroatoms. The van der Waals surface area contributed by atoms with Crippen LogP contribution in [0.15, 0.2) is 54.6 Å². The van der Waals surface area contributed by atoms with E-state index in [-0.39, 0.29) is 46.5 Å². The first-order valence-electron chi connectivity index (χ1n) is 16.4. The van der Waals surface area contributed by atoms with Crippen molar-refractivity contribution >= 4 is 14.4 Å². The minimum absolute atomic E-state index is 0. The third kappa shape index (κ3) is 8.42. The number of hydrogen-bond acceptors (Lipinski definition) is 0. The molecule has 46 heavy (non-hydrogen) atoms. The summed E-state index contributed by atoms with van der Waals surface area (Å²) in [5, 5.41) is 0. The number of halogens is 2. The average molecular weight is 735 g/mol. The van der Waals surface area contributed by atoms with E-state index in [9.17, 15) is 0 Å². The van der Waals surface area contributed by atoms with E-state index >= 15 is 0 Å². The summed E-state index contributed by atoms with van der Waals surface area (Å²) in [5.41, 5.74) is 16.6. The number of allylic oxidation sites excluding steroid dienone is 4. The molecule has 0 atom stereocenters. The molecular weight excluding hydrogens is 679 g/mol. The monoisotopic (exact) mass is 732 g/mol. The van der Waals surface area contributed by atoms with Gasteiger partial charge in [-0.15, -0.1) is 11.6 Å². The fourth-order valence-electron chi connectivity index (χ4n) is 6.82. The zero-order valence-corrected chi connectivity index (χ0v) is 35.1. The van der Waals surface area contributed by atoms with Gasteiger partial charge in [-0.05, 0) is 62.3 Å². The van der Waals surface area contributed by atoms with Gasteiger partial charge in [0.15, 0.2) is 0 Å². The maximum Gasteiger partial charge on any atom is -1.00 e. The second-order valence-corrected chi connectivity index (χ2v) is 20.1. The van der Waals surface area contributed by atoms with Crippen LogP contribution in [0.2, 0.25) is 0 Å². The predicted molar refractivity (Wildman–Crippen MR) is 191 cm³/mol. The third-order valence-electron chi connectivity index (χ3n) is 9.11. The molecule has 0 spiro atoms. The molecule has 0 heterocycles. The quantitative estimate of drug-likeness (QED) is 0.196. The van der Waals surface area contributed by atoms with E-state index in [0.717, 1.165) is 6.42 Å². The van der Waals surface area contributed by atoms with Gasteiger partial charge in [0.1, 0.15) is 0 Å². The van der Waals surface area contributed by atoms with E-state index in [0.29, 0.717) is 5.41 Å². The molecule has 3 aliphatic rings. The topological polar surface area (TPSA) is 0 Å². The van der Waals surface area contributed by atoms with Gasteiger partial charge in [-0.25, -0.2) is 11.6 Å². The Morgan fingerprint density at radius 3 is 1.63 bits per heavy atom. The molecule has 0 saturated carbocycles. The van der Waals surface area contributed by atoms with Gasteiger partial charge in [0.25, 0.3) is 0 Å². The Morgan fingerprint density at radius 1 is 0.717 bits per heavy atom. The van der Waals surface area contributed by atoms with Crippen LogP contribution in [0.4, 0.5) is 0 Å². The van der Waals surface area contributed by atoms with E-state index in [1.54, 1.807) is 24.2 Å². The maximum absolute atomic E-state index is 3.85. The number of benzene rings is 2. The van der Waals surface area contributed by atoms with Gasteiger partial charge in [-0.2, -0.15) is 29.3 Å². The maximum atomic E-state index is 3.85. The summed E-state index contributed by atoms with van der Waals surface area (Å²) in [6, 6.07) is 18.5. The summed E-state index contributed by atoms with van der Waals surface area (Å²) >= 11 is 1.55. The van der Waals surface area contributed by atoms with Gasteiger partial charge in [-0.1, -0.05) is 119 Å². The fourth-order valence-corrected chi connectivity index (χ4v) is 6.82. The third-order valence-corrected chi connectivity index (χ3v) is 9.11. The van der Waals surface area contributed by atoms with Crippen LogP contribution < -0.4 is 24.8 Å². The van der Waals surface area contributed by atoms with E-state index < -0.39 is 0 Å². The second-order valence-electron chi connectivity index (χ2n) is 17.6. The molecule has 0 aliphatic heterocycles. The van der Waals surface area contributed by atoms with Gasteiger partial charge in [-0.3, -0.25) is 6.08 Å². The Balaban J connectivity index is 0.000000415. The van der Waals surface area contributed by atoms with Crippen molar-refractivity contribution in [3.8, 4) is 11.1 Å². The van der Waals surface area contributed by atoms with Crippen molar-refractivity contribution in [2.75, 3.05) is 0 Å². The van der Waals surface area contributed by atoms with Crippen molar-refractivity contribution in [2.24, 2.45) is 10.8 Å². The molecule has 0 bridgehead atoms. The van der Waals surface area contributed by atoms with Crippen molar-refractivity contribution in [3.05, 3.63) is 99.6 Å². The van der Waals surface area contributed by atoms with Gasteiger partial charge in [0.05, 0.1) is 0 Å². The predicted octanol–water partition coefficient (Wildman–Crippen LogP) is 5.96. The number of hydrogen-bond donors (Lipinski definition) is 0. The van der Waals surface area contributed by atoms with Gasteiger partial charge in [0.2, 0.25) is 0 Å². The van der Waals surface area contributed by atoms with E-state index in [1.807, 2.05) is 0 Å². The van der Waals surface area contributed by atoms with E-state index in [1.165, 1.54) is 64.4 Å². The first-order chi connectivity index (χ1) is 19.9. The summed E-state index contributed by atoms with van der Waals surface area (Å²) < 4.78 is 1.51. The molecule has 3 aromatic carbocycles. The van der Waals surface area contributed by atoms with Crippen molar-refractivity contribution < 1.29 is 49.0 Å². The number of rotatable bonds is 0. The molecular formula is C43H56Cl2Zr-2. The first-order valence-corrected chi connectivity index (χ1v) is 17.7. The summed E-state index contributed by atoms with van der Waals surface area (Å²) in [6.07, 6.45) is 7.41. The molecule has 0 aromatic heterocycles. The summed E-state index contributed by atoms with van der Waals surface area (Å²) in [5.74, 6) is 0. The van der Waals surface area contributed by atoms with Crippen molar-refractivity contribution in [1.29, 1.82) is 0 Å². The molecule has 248 valence electrons. The van der Waals surface area contributed by atoms with Gasteiger partial charge in [0, 0.05) is 5.41 Å². The molecule has 0 amide bonds. The van der Waals surface area contributed by atoms with Crippen LogP contribution in [0.25, 0.3) is 22.3 Å². The van der Waals surface area contributed by atoms with Crippen LogP contribution in [0, 0.1) is 16.9 Å². The zero-order chi connectivity index (χ0) is 33.2. The molecule has 0 saturated heterocycles. The average Bonchev–Trinajstić information content (AvgIpc) is 3.60. The Bertz CT molecular complexity index is 1540. The zero-order valence-electron chi connectivity index (χ0n) is 31.2. The fraction of sp³-hybridized carbons (Fsp3) is 0.488. The molecule has 0 radical (unpaired) electrons. The van der Waals surface area contributed by atoms with E-state index in [4.69, 9.17) is 0 Å². The Morgan fingerprint density at radius 2 is 1.22 bits per heavy atom. The minimum atomic E-state index is -0.0202. The van der Waals surface area contributed by atoms with Crippen LogP contribution in [0.1, 0.15) is 143 Å². The van der Waals surface area contributed by atoms with Crippen molar-refractivity contribution in [3.63, 3.8) is 0 Å². The normalized spacial score (nSPS) is 16.5. The Kier molecular flexibility index (Phi) is 12.3. The van der Waals surface area contributed by atoms with Crippen LogP contribution in [-0.4, -0.2) is 3.21 Å². The first kappa shape index (κ1) is 40.8. The van der Waals surface area contributed by atoms with E-state index in [2.05, 4.69) is 165 Å². The Hall–Kier alpha value is -1.40. The van der Waals surface area contributed by atoms with Crippen LogP contribution >= 0.6 is 0 Å². The molecule has 0 unspecified atom stereocenters. The van der Waals surface area contributed by atoms with Crippen LogP contribution in [0.3, 0.4) is 0 Å². The molecule has 3 aromatic rings. The standard InChI is InChI=1S/C31H37.C9H13.C3H6.2ClH.Zr/c1-28(2,3)26-16-30(7,8)24-12-18-11-19-13-25-23(15-21(19)20(18)14-22(24)26)27(29(4,5)6)17-31(25,9)10;1-9(2,3)8-6-4-5-7-8;1-3-2;;;/h12-16H,11H2,1-10H3;4-7H,1-3H3;1-2H3;2*1H;/q2*-1;;;;+2/p-2. The largest absolute Gasteiger partial charge is 1.00 e. The molecule has 0 fully saturated rings. The summed E-state index contributed by atoms with van der Waals surface area (Å²) in [4.78, 5) is 0. The molecule has 0 nitrogen and oxygen atoms in total. The Labute approximate surface area is 309 Å². The minimum Gasteiger partial charge on any atom is -1.00 e. The van der Waals surface area contributed by atoms with Crippen LogP contribution in [0.5, 0.6) is 0 Å². The molecule has 6 rings (SSSR count). The number of fused-ring (bicyclic) bond motifs is 5. The molecule has 0 N–H and O–H groups in total. The summed E-state index contributed by atoms with van der Waals surface area (Å²) in [6.45, 7) is 34.3. The van der Waals surface area contributed by atoms with Crippen LogP contribution in [-0.2, 0) is 46.9 Å². The second kappa shape index (κ2) is 13.8. The summed E-state index contributed by atoms with van der Waals surface area (Å²) in [7, 11) is 0. The van der Waals surface area contributed by atoms with Gasteiger partial charge < -0.3 is 24.8 Å².